The Bertz CT molecular complexity index is 360. The van der Waals surface area contributed by atoms with Crippen LogP contribution in [-0.2, 0) is 11.2 Å². The van der Waals surface area contributed by atoms with Crippen molar-refractivity contribution in [2.75, 3.05) is 13.2 Å². The normalized spacial score (nSPS) is 27.9. The second-order valence-corrected chi connectivity index (χ2v) is 5.90. The van der Waals surface area contributed by atoms with E-state index >= 15 is 0 Å². The Labute approximate surface area is 104 Å². The molecule has 1 fully saturated rings. The summed E-state index contributed by atoms with van der Waals surface area (Å²) in [6.07, 6.45) is 3.18. The summed E-state index contributed by atoms with van der Waals surface area (Å²) in [5, 5.41) is 0. The minimum Gasteiger partial charge on any atom is -0.376 e. The maximum Gasteiger partial charge on any atom is 0.0632 e. The minimum atomic E-state index is -0.0353. The molecule has 2 nitrogen and oxygen atoms in total. The average molecular weight is 233 g/mol. The fourth-order valence-corrected chi connectivity index (χ4v) is 3.01. The molecule has 2 N–H and O–H groups in total. The molecule has 0 radical (unpaired) electrons. The molecular formula is C15H23NO. The molecule has 2 heteroatoms. The molecule has 0 spiro atoms. The molecule has 94 valence electrons. The first kappa shape index (κ1) is 12.6. The van der Waals surface area contributed by atoms with Crippen LogP contribution < -0.4 is 5.73 Å². The van der Waals surface area contributed by atoms with E-state index in [1.165, 1.54) is 5.56 Å². The van der Waals surface area contributed by atoms with E-state index in [1.807, 2.05) is 0 Å². The van der Waals surface area contributed by atoms with E-state index in [1.54, 1.807) is 0 Å². The zero-order valence-electron chi connectivity index (χ0n) is 10.9. The highest BCUT2D eigenvalue weighted by molar-refractivity contribution is 5.17. The Kier molecular flexibility index (Phi) is 3.55. The topological polar surface area (TPSA) is 35.2 Å². The van der Waals surface area contributed by atoms with Crippen molar-refractivity contribution in [1.29, 1.82) is 0 Å². The lowest BCUT2D eigenvalue weighted by Crippen LogP contribution is -2.46. The summed E-state index contributed by atoms with van der Waals surface area (Å²) in [6.45, 7) is 5.91. The number of hydrogen-bond acceptors (Lipinski definition) is 2. The summed E-state index contributed by atoms with van der Waals surface area (Å²) in [5.74, 6) is 0. The highest BCUT2D eigenvalue weighted by Crippen LogP contribution is 2.40. The zero-order chi connectivity index (χ0) is 12.4. The highest BCUT2D eigenvalue weighted by Gasteiger charge is 2.39. The lowest BCUT2D eigenvalue weighted by atomic mass is 9.70. The van der Waals surface area contributed by atoms with Crippen LogP contribution in [0, 0.1) is 5.41 Å². The Balaban J connectivity index is 2.14. The van der Waals surface area contributed by atoms with E-state index in [4.69, 9.17) is 10.5 Å². The molecule has 1 aromatic rings. The molecule has 1 aliphatic rings. The number of nitrogens with two attached hydrogens (primary N) is 1. The maximum absolute atomic E-state index is 6.05. The van der Waals surface area contributed by atoms with Gasteiger partial charge in [-0.2, -0.15) is 0 Å². The zero-order valence-corrected chi connectivity index (χ0v) is 10.9. The van der Waals surface area contributed by atoms with Gasteiger partial charge in [0.1, 0.15) is 0 Å². The van der Waals surface area contributed by atoms with Gasteiger partial charge in [-0.1, -0.05) is 30.3 Å². The van der Waals surface area contributed by atoms with Gasteiger partial charge in [0.05, 0.1) is 5.60 Å². The molecule has 1 saturated heterocycles. The number of hydrogen-bond donors (Lipinski definition) is 1. The van der Waals surface area contributed by atoms with Crippen LogP contribution in [0.1, 0.15) is 32.3 Å². The predicted octanol–water partition coefficient (Wildman–Crippen LogP) is 2.76. The van der Waals surface area contributed by atoms with Crippen molar-refractivity contribution in [2.45, 2.75) is 38.7 Å². The Hall–Kier alpha value is -0.860. The molecule has 0 aromatic heterocycles. The van der Waals surface area contributed by atoms with Crippen LogP contribution in [0.4, 0.5) is 0 Å². The van der Waals surface area contributed by atoms with E-state index in [-0.39, 0.29) is 11.0 Å². The summed E-state index contributed by atoms with van der Waals surface area (Å²) in [6, 6.07) is 10.7. The summed E-state index contributed by atoms with van der Waals surface area (Å²) in [7, 11) is 0. The standard InChI is InChI=1S/C15H23NO/c1-14(2)11-15(12-16,8-9-17-14)10-13-6-4-3-5-7-13/h3-7H,8-12,16H2,1-2H3. The first-order valence-corrected chi connectivity index (χ1v) is 6.43. The third-order valence-corrected chi connectivity index (χ3v) is 3.78. The molecule has 17 heavy (non-hydrogen) atoms. The van der Waals surface area contributed by atoms with Crippen molar-refractivity contribution < 1.29 is 4.74 Å². The average Bonchev–Trinajstić information content (AvgIpc) is 2.29. The highest BCUT2D eigenvalue weighted by atomic mass is 16.5. The van der Waals surface area contributed by atoms with E-state index in [2.05, 4.69) is 44.2 Å². The molecule has 1 unspecified atom stereocenters. The van der Waals surface area contributed by atoms with Crippen molar-refractivity contribution in [3.63, 3.8) is 0 Å². The maximum atomic E-state index is 6.05. The first-order chi connectivity index (χ1) is 8.05. The fourth-order valence-electron chi connectivity index (χ4n) is 3.01. The summed E-state index contributed by atoms with van der Waals surface area (Å²) < 4.78 is 5.80. The molecule has 1 aliphatic heterocycles. The molecule has 2 rings (SSSR count). The van der Waals surface area contributed by atoms with Gasteiger partial charge in [0.25, 0.3) is 0 Å². The van der Waals surface area contributed by atoms with Crippen molar-refractivity contribution in [2.24, 2.45) is 11.1 Å². The van der Waals surface area contributed by atoms with Crippen LogP contribution >= 0.6 is 0 Å². The summed E-state index contributed by atoms with van der Waals surface area (Å²) in [4.78, 5) is 0. The second kappa shape index (κ2) is 4.79. The number of rotatable bonds is 3. The monoisotopic (exact) mass is 233 g/mol. The van der Waals surface area contributed by atoms with E-state index < -0.39 is 0 Å². The smallest absolute Gasteiger partial charge is 0.0632 e. The van der Waals surface area contributed by atoms with E-state index in [0.29, 0.717) is 0 Å². The third kappa shape index (κ3) is 3.08. The lowest BCUT2D eigenvalue weighted by molar-refractivity contribution is -0.102. The van der Waals surface area contributed by atoms with Crippen LogP contribution in [-0.4, -0.2) is 18.8 Å². The minimum absolute atomic E-state index is 0.0353. The molecule has 0 saturated carbocycles. The van der Waals surface area contributed by atoms with Crippen molar-refractivity contribution >= 4 is 0 Å². The summed E-state index contributed by atoms with van der Waals surface area (Å²) in [5.41, 5.74) is 7.61. The van der Waals surface area contributed by atoms with Crippen molar-refractivity contribution in [1.82, 2.24) is 0 Å². The van der Waals surface area contributed by atoms with Gasteiger partial charge < -0.3 is 10.5 Å². The van der Waals surface area contributed by atoms with Gasteiger partial charge in [0, 0.05) is 6.61 Å². The van der Waals surface area contributed by atoms with Gasteiger partial charge in [-0.15, -0.1) is 0 Å². The van der Waals surface area contributed by atoms with Gasteiger partial charge in [-0.3, -0.25) is 0 Å². The van der Waals surface area contributed by atoms with Gasteiger partial charge in [-0.25, -0.2) is 0 Å². The first-order valence-electron chi connectivity index (χ1n) is 6.43. The largest absolute Gasteiger partial charge is 0.376 e. The fraction of sp³-hybridized carbons (Fsp3) is 0.600. The van der Waals surface area contributed by atoms with Crippen LogP contribution in [0.3, 0.4) is 0 Å². The van der Waals surface area contributed by atoms with Gasteiger partial charge in [-0.05, 0) is 50.6 Å². The van der Waals surface area contributed by atoms with Crippen LogP contribution in [0.5, 0.6) is 0 Å². The van der Waals surface area contributed by atoms with Gasteiger partial charge >= 0.3 is 0 Å². The van der Waals surface area contributed by atoms with Crippen LogP contribution in [0.25, 0.3) is 0 Å². The van der Waals surface area contributed by atoms with E-state index in [9.17, 15) is 0 Å². The Morgan fingerprint density at radius 2 is 1.94 bits per heavy atom. The molecule has 0 amide bonds. The third-order valence-electron chi connectivity index (χ3n) is 3.78. The second-order valence-electron chi connectivity index (χ2n) is 5.90. The SMILES string of the molecule is CC1(C)CC(CN)(Cc2ccccc2)CCO1. The molecule has 1 heterocycles. The van der Waals surface area contributed by atoms with Crippen LogP contribution in [0.15, 0.2) is 30.3 Å². The Morgan fingerprint density at radius 3 is 2.53 bits per heavy atom. The molecule has 0 aliphatic carbocycles. The number of benzene rings is 1. The van der Waals surface area contributed by atoms with Crippen LogP contribution in [0.2, 0.25) is 0 Å². The Morgan fingerprint density at radius 1 is 1.24 bits per heavy atom. The van der Waals surface area contributed by atoms with Crippen molar-refractivity contribution in [3.8, 4) is 0 Å². The van der Waals surface area contributed by atoms with Gasteiger partial charge in [0.15, 0.2) is 0 Å². The predicted molar refractivity (Wildman–Crippen MR) is 70.9 cm³/mol. The molecule has 1 aromatic carbocycles. The molecule has 0 bridgehead atoms. The molecular weight excluding hydrogens is 210 g/mol. The summed E-state index contributed by atoms with van der Waals surface area (Å²) >= 11 is 0. The van der Waals surface area contributed by atoms with E-state index in [0.717, 1.165) is 32.4 Å². The number of ether oxygens (including phenoxy) is 1. The van der Waals surface area contributed by atoms with Gasteiger partial charge in [0.2, 0.25) is 0 Å². The quantitative estimate of drug-likeness (QED) is 0.871. The van der Waals surface area contributed by atoms with Crippen molar-refractivity contribution in [3.05, 3.63) is 35.9 Å². The lowest BCUT2D eigenvalue weighted by Gasteiger charge is -2.44. The molecule has 1 atom stereocenters.